The number of carbonyl (C=O) groups is 1. The van der Waals surface area contributed by atoms with Crippen molar-refractivity contribution < 1.29 is 17.9 Å². The van der Waals surface area contributed by atoms with E-state index in [-0.39, 0.29) is 28.6 Å². The molecule has 0 fully saturated rings. The van der Waals surface area contributed by atoms with Crippen molar-refractivity contribution in [3.8, 4) is 5.75 Å². The number of carbonyl (C=O) groups excluding carboxylic acids is 1. The van der Waals surface area contributed by atoms with Gasteiger partial charge in [0.1, 0.15) is 12.4 Å². The predicted molar refractivity (Wildman–Crippen MR) is 115 cm³/mol. The van der Waals surface area contributed by atoms with Crippen LogP contribution in [0.2, 0.25) is 5.02 Å². The summed E-state index contributed by atoms with van der Waals surface area (Å²) in [6, 6.07) is 10.0. The molecule has 0 atom stereocenters. The molecule has 2 aromatic carbocycles. The predicted octanol–water partition coefficient (Wildman–Crippen LogP) is 3.80. The van der Waals surface area contributed by atoms with E-state index in [2.05, 4.69) is 5.32 Å². The van der Waals surface area contributed by atoms with E-state index in [1.54, 1.807) is 13.8 Å². The summed E-state index contributed by atoms with van der Waals surface area (Å²) in [7, 11) is -3.67. The normalized spacial score (nSPS) is 11.5. The van der Waals surface area contributed by atoms with E-state index >= 15 is 0 Å². The van der Waals surface area contributed by atoms with Crippen molar-refractivity contribution in [2.45, 2.75) is 32.6 Å². The molecule has 0 spiro atoms. The lowest BCUT2D eigenvalue weighted by Crippen LogP contribution is -2.31. The standard InChI is InChI=1S/C21H27ClN2O4S/c1-5-24(6-2)29(26,27)17-10-11-19(22)18(14-17)21(25)23-12-13-28-20-15(3)8-7-9-16(20)4/h7-11,14H,5-6,12-13H2,1-4H3,(H,23,25). The van der Waals surface area contributed by atoms with Gasteiger partial charge >= 0.3 is 0 Å². The van der Waals surface area contributed by atoms with Gasteiger partial charge in [0, 0.05) is 13.1 Å². The van der Waals surface area contributed by atoms with Gasteiger partial charge in [-0.1, -0.05) is 43.6 Å². The van der Waals surface area contributed by atoms with Gasteiger partial charge in [0.15, 0.2) is 0 Å². The second-order valence-electron chi connectivity index (χ2n) is 6.56. The quantitative estimate of drug-likeness (QED) is 0.604. The van der Waals surface area contributed by atoms with Crippen molar-refractivity contribution in [1.29, 1.82) is 0 Å². The molecule has 1 amide bonds. The molecule has 0 saturated carbocycles. The number of hydrogen-bond acceptors (Lipinski definition) is 4. The van der Waals surface area contributed by atoms with Gasteiger partial charge in [0.25, 0.3) is 5.91 Å². The second kappa shape index (κ2) is 10.1. The van der Waals surface area contributed by atoms with Gasteiger partial charge in [0.05, 0.1) is 22.0 Å². The van der Waals surface area contributed by atoms with Crippen LogP contribution >= 0.6 is 11.6 Å². The summed E-state index contributed by atoms with van der Waals surface area (Å²) in [5.74, 6) is 0.351. The monoisotopic (exact) mass is 438 g/mol. The van der Waals surface area contributed by atoms with Gasteiger partial charge in [-0.15, -0.1) is 0 Å². The van der Waals surface area contributed by atoms with Crippen LogP contribution in [0.15, 0.2) is 41.3 Å². The van der Waals surface area contributed by atoms with Crippen molar-refractivity contribution in [3.63, 3.8) is 0 Å². The Balaban J connectivity index is 2.07. The average Bonchev–Trinajstić information content (AvgIpc) is 2.67. The zero-order valence-corrected chi connectivity index (χ0v) is 18.7. The molecule has 0 bridgehead atoms. The van der Waals surface area contributed by atoms with E-state index in [1.807, 2.05) is 32.0 Å². The first kappa shape index (κ1) is 23.2. The molecule has 0 aromatic heterocycles. The van der Waals surface area contributed by atoms with Gasteiger partial charge in [-0.2, -0.15) is 4.31 Å². The lowest BCUT2D eigenvalue weighted by atomic mass is 10.1. The molecule has 2 rings (SSSR count). The zero-order chi connectivity index (χ0) is 21.6. The minimum Gasteiger partial charge on any atom is -0.491 e. The molecular weight excluding hydrogens is 412 g/mol. The number of para-hydroxylation sites is 1. The molecule has 0 aliphatic heterocycles. The summed E-state index contributed by atoms with van der Waals surface area (Å²) >= 11 is 6.14. The fourth-order valence-electron chi connectivity index (χ4n) is 2.99. The Kier molecular flexibility index (Phi) is 8.07. The van der Waals surface area contributed by atoms with Gasteiger partial charge in [0.2, 0.25) is 10.0 Å². The first-order valence-electron chi connectivity index (χ1n) is 9.49. The Bertz CT molecular complexity index is 952. The molecule has 0 radical (unpaired) electrons. The molecule has 2 aromatic rings. The summed E-state index contributed by atoms with van der Waals surface area (Å²) in [4.78, 5) is 12.6. The first-order valence-corrected chi connectivity index (χ1v) is 11.3. The number of nitrogens with zero attached hydrogens (tertiary/aromatic N) is 1. The van der Waals surface area contributed by atoms with Gasteiger partial charge in [-0.05, 0) is 43.2 Å². The number of ether oxygens (including phenoxy) is 1. The van der Waals surface area contributed by atoms with Crippen LogP contribution < -0.4 is 10.1 Å². The third-order valence-corrected chi connectivity index (χ3v) is 6.94. The van der Waals surface area contributed by atoms with Crippen LogP contribution in [0, 0.1) is 13.8 Å². The summed E-state index contributed by atoms with van der Waals surface area (Å²) in [5.41, 5.74) is 2.16. The Morgan fingerprint density at radius 1 is 1.10 bits per heavy atom. The van der Waals surface area contributed by atoms with Crippen LogP contribution in [0.3, 0.4) is 0 Å². The molecule has 29 heavy (non-hydrogen) atoms. The zero-order valence-electron chi connectivity index (χ0n) is 17.2. The Hall–Kier alpha value is -2.09. The van der Waals surface area contributed by atoms with Gasteiger partial charge in [-0.25, -0.2) is 8.42 Å². The van der Waals surface area contributed by atoms with Crippen molar-refractivity contribution in [3.05, 3.63) is 58.1 Å². The average molecular weight is 439 g/mol. The molecular formula is C21H27ClN2O4S. The number of amides is 1. The maximum Gasteiger partial charge on any atom is 0.252 e. The van der Waals surface area contributed by atoms with Gasteiger partial charge < -0.3 is 10.1 Å². The third-order valence-electron chi connectivity index (χ3n) is 4.57. The molecule has 0 aliphatic carbocycles. The number of nitrogens with one attached hydrogen (secondary N) is 1. The summed E-state index contributed by atoms with van der Waals surface area (Å²) < 4.78 is 32.5. The van der Waals surface area contributed by atoms with E-state index in [4.69, 9.17) is 16.3 Å². The van der Waals surface area contributed by atoms with E-state index < -0.39 is 15.9 Å². The fourth-order valence-corrected chi connectivity index (χ4v) is 4.68. The van der Waals surface area contributed by atoms with Crippen molar-refractivity contribution in [1.82, 2.24) is 9.62 Å². The minimum atomic E-state index is -3.67. The molecule has 6 nitrogen and oxygen atoms in total. The smallest absolute Gasteiger partial charge is 0.252 e. The lowest BCUT2D eigenvalue weighted by Gasteiger charge is -2.19. The highest BCUT2D eigenvalue weighted by Gasteiger charge is 2.23. The number of sulfonamides is 1. The highest BCUT2D eigenvalue weighted by molar-refractivity contribution is 7.89. The molecule has 0 heterocycles. The molecule has 158 valence electrons. The van der Waals surface area contributed by atoms with Crippen molar-refractivity contribution in [2.75, 3.05) is 26.2 Å². The lowest BCUT2D eigenvalue weighted by molar-refractivity contribution is 0.0947. The van der Waals surface area contributed by atoms with E-state index in [1.165, 1.54) is 22.5 Å². The van der Waals surface area contributed by atoms with E-state index in [9.17, 15) is 13.2 Å². The number of aryl methyl sites for hydroxylation is 2. The highest BCUT2D eigenvalue weighted by Crippen LogP contribution is 2.24. The first-order chi connectivity index (χ1) is 13.7. The Labute approximate surface area is 177 Å². The highest BCUT2D eigenvalue weighted by atomic mass is 35.5. The van der Waals surface area contributed by atoms with Gasteiger partial charge in [-0.3, -0.25) is 4.79 Å². The van der Waals surface area contributed by atoms with Crippen LogP contribution in [0.1, 0.15) is 35.3 Å². The largest absolute Gasteiger partial charge is 0.491 e. The molecule has 0 unspecified atom stereocenters. The van der Waals surface area contributed by atoms with Crippen LogP contribution in [0.25, 0.3) is 0 Å². The Morgan fingerprint density at radius 2 is 1.72 bits per heavy atom. The van der Waals surface area contributed by atoms with E-state index in [0.717, 1.165) is 16.9 Å². The molecule has 1 N–H and O–H groups in total. The molecule has 8 heteroatoms. The summed E-state index contributed by atoms with van der Waals surface area (Å²) in [6.45, 7) is 8.69. The number of benzene rings is 2. The topological polar surface area (TPSA) is 75.7 Å². The summed E-state index contributed by atoms with van der Waals surface area (Å²) in [6.07, 6.45) is 0. The van der Waals surface area contributed by atoms with Crippen LogP contribution in [0.4, 0.5) is 0 Å². The fraction of sp³-hybridized carbons (Fsp3) is 0.381. The van der Waals surface area contributed by atoms with Crippen LogP contribution in [-0.2, 0) is 10.0 Å². The summed E-state index contributed by atoms with van der Waals surface area (Å²) in [5, 5.41) is 2.92. The minimum absolute atomic E-state index is 0.0440. The molecule has 0 saturated heterocycles. The van der Waals surface area contributed by atoms with E-state index in [0.29, 0.717) is 13.1 Å². The number of rotatable bonds is 9. The van der Waals surface area contributed by atoms with Crippen LogP contribution in [-0.4, -0.2) is 44.9 Å². The maximum atomic E-state index is 12.7. The number of hydrogen-bond donors (Lipinski definition) is 1. The third kappa shape index (κ3) is 5.50. The SMILES string of the molecule is CCN(CC)S(=O)(=O)c1ccc(Cl)c(C(=O)NCCOc2c(C)cccc2C)c1. The van der Waals surface area contributed by atoms with Crippen LogP contribution in [0.5, 0.6) is 5.75 Å². The maximum absolute atomic E-state index is 12.7. The second-order valence-corrected chi connectivity index (χ2v) is 8.90. The number of halogens is 1. The van der Waals surface area contributed by atoms with Crippen molar-refractivity contribution in [2.24, 2.45) is 0 Å². The molecule has 0 aliphatic rings. The Morgan fingerprint density at radius 3 is 2.31 bits per heavy atom. The van der Waals surface area contributed by atoms with Crippen molar-refractivity contribution >= 4 is 27.5 Å².